The zero-order valence-corrected chi connectivity index (χ0v) is 20.5. The summed E-state index contributed by atoms with van der Waals surface area (Å²) >= 11 is 0. The first kappa shape index (κ1) is 25.4. The average molecular weight is 494 g/mol. The number of benzene rings is 1. The predicted octanol–water partition coefficient (Wildman–Crippen LogP) is 3.10. The molecule has 0 radical (unpaired) electrons. The molecule has 3 heterocycles. The average Bonchev–Trinajstić information content (AvgIpc) is 3.40. The van der Waals surface area contributed by atoms with Crippen molar-refractivity contribution in [2.45, 2.75) is 12.8 Å². The Kier molecular flexibility index (Phi) is 8.57. The number of ether oxygens (including phenoxy) is 1. The van der Waals surface area contributed by atoms with Crippen molar-refractivity contribution in [3.63, 3.8) is 0 Å². The van der Waals surface area contributed by atoms with E-state index in [1.165, 1.54) is 12.7 Å². The highest BCUT2D eigenvalue weighted by atomic mass is 32.1. The van der Waals surface area contributed by atoms with Gasteiger partial charge in [-0.3, -0.25) is 4.79 Å². The fraction of sp³-hybridized carbons (Fsp3) is 0.217. The largest absolute Gasteiger partial charge is 0.496 e. The first-order valence-electron chi connectivity index (χ1n) is 10.6. The molecule has 4 rings (SSSR count). The number of carbonyl (C=O) groups excluding carboxylic acids is 1. The van der Waals surface area contributed by atoms with Crippen molar-refractivity contribution in [3.8, 4) is 17.0 Å². The second-order valence-electron chi connectivity index (χ2n) is 7.50. The Labute approximate surface area is 209 Å². The summed E-state index contributed by atoms with van der Waals surface area (Å²) in [6, 6.07) is 11.1. The molecule has 0 aliphatic heterocycles. The van der Waals surface area contributed by atoms with Gasteiger partial charge in [0.15, 0.2) is 0 Å². The second-order valence-corrected chi connectivity index (χ2v) is 7.50. The number of hydrogen-bond acceptors (Lipinski definition) is 9. The number of nitrogens with one attached hydrogen (secondary N) is 4. The zero-order chi connectivity index (χ0) is 23.9. The van der Waals surface area contributed by atoms with Crippen LogP contribution in [0.2, 0.25) is 0 Å². The van der Waals surface area contributed by atoms with Crippen LogP contribution in [0.25, 0.3) is 11.3 Å². The predicted molar refractivity (Wildman–Crippen MR) is 139 cm³/mol. The van der Waals surface area contributed by atoms with Crippen molar-refractivity contribution in [1.82, 2.24) is 35.5 Å². The molecular formula is C23H27N9O2S. The summed E-state index contributed by atoms with van der Waals surface area (Å²) in [6.45, 7) is 2.70. The van der Waals surface area contributed by atoms with Gasteiger partial charge in [-0.05, 0) is 29.8 Å². The normalized spacial score (nSPS) is 11.2. The van der Waals surface area contributed by atoms with E-state index in [4.69, 9.17) is 4.74 Å². The minimum Gasteiger partial charge on any atom is -0.496 e. The maximum Gasteiger partial charge on any atom is 0.251 e. The lowest BCUT2D eigenvalue weighted by atomic mass is 9.98. The fourth-order valence-electron chi connectivity index (χ4n) is 3.39. The lowest BCUT2D eigenvalue weighted by Gasteiger charge is -2.17. The maximum absolute atomic E-state index is 11.9. The molecule has 1 amide bonds. The highest BCUT2D eigenvalue weighted by molar-refractivity contribution is 7.59. The highest BCUT2D eigenvalue weighted by Crippen LogP contribution is 2.28. The molecule has 0 aliphatic rings. The summed E-state index contributed by atoms with van der Waals surface area (Å²) in [6.07, 6.45) is 4.66. The summed E-state index contributed by atoms with van der Waals surface area (Å²) in [5, 5.41) is 15.5. The number of H-pyrrole nitrogens is 1. The van der Waals surface area contributed by atoms with E-state index in [1.54, 1.807) is 32.5 Å². The van der Waals surface area contributed by atoms with E-state index < -0.39 is 0 Å². The number of amides is 1. The minimum atomic E-state index is -0.152. The van der Waals surface area contributed by atoms with Gasteiger partial charge in [0.2, 0.25) is 5.95 Å². The number of aromatic amines is 1. The van der Waals surface area contributed by atoms with Crippen LogP contribution in [0.4, 0.5) is 17.6 Å². The van der Waals surface area contributed by atoms with Gasteiger partial charge >= 0.3 is 0 Å². The molecular weight excluding hydrogens is 466 g/mol. The maximum atomic E-state index is 11.9. The van der Waals surface area contributed by atoms with E-state index in [-0.39, 0.29) is 25.3 Å². The SMILES string of the molecule is CNC(=O)c1ccc([C@H](C)CNc2cc(-c3ccc(Nc4ncn[nH]4)nc3)ncn2)c(OC)c1.S. The second kappa shape index (κ2) is 11.8. The van der Waals surface area contributed by atoms with Crippen LogP contribution >= 0.6 is 13.5 Å². The topological polar surface area (TPSA) is 143 Å². The number of rotatable bonds is 9. The van der Waals surface area contributed by atoms with Gasteiger partial charge in [0, 0.05) is 42.9 Å². The third-order valence-electron chi connectivity index (χ3n) is 5.23. The molecule has 0 saturated carbocycles. The molecule has 182 valence electrons. The van der Waals surface area contributed by atoms with Crippen molar-refractivity contribution >= 4 is 37.0 Å². The molecule has 0 spiro atoms. The first-order valence-corrected chi connectivity index (χ1v) is 10.6. The van der Waals surface area contributed by atoms with Crippen molar-refractivity contribution in [1.29, 1.82) is 0 Å². The lowest BCUT2D eigenvalue weighted by molar-refractivity contribution is 0.0962. The number of aromatic nitrogens is 6. The first-order chi connectivity index (χ1) is 16.6. The minimum absolute atomic E-state index is 0. The van der Waals surface area contributed by atoms with Crippen molar-refractivity contribution < 1.29 is 9.53 Å². The smallest absolute Gasteiger partial charge is 0.251 e. The van der Waals surface area contributed by atoms with E-state index in [0.717, 1.165) is 16.8 Å². The van der Waals surface area contributed by atoms with Crippen LogP contribution in [0, 0.1) is 0 Å². The van der Waals surface area contributed by atoms with Crippen molar-refractivity contribution in [2.75, 3.05) is 31.3 Å². The Hall–Kier alpha value is -4.19. The Morgan fingerprint density at radius 2 is 1.91 bits per heavy atom. The third kappa shape index (κ3) is 6.23. The van der Waals surface area contributed by atoms with E-state index in [0.29, 0.717) is 35.4 Å². The molecule has 0 aliphatic carbocycles. The lowest BCUT2D eigenvalue weighted by Crippen LogP contribution is -2.18. The molecule has 0 saturated heterocycles. The number of nitrogens with zero attached hydrogens (tertiary/aromatic N) is 5. The van der Waals surface area contributed by atoms with E-state index in [1.807, 2.05) is 24.3 Å². The van der Waals surface area contributed by atoms with Gasteiger partial charge in [-0.25, -0.2) is 20.1 Å². The summed E-state index contributed by atoms with van der Waals surface area (Å²) in [5.41, 5.74) is 3.15. The quantitative estimate of drug-likeness (QED) is 0.276. The highest BCUT2D eigenvalue weighted by Gasteiger charge is 2.15. The molecule has 4 N–H and O–H groups in total. The monoisotopic (exact) mass is 493 g/mol. The number of carbonyl (C=O) groups is 1. The molecule has 0 unspecified atom stereocenters. The standard InChI is InChI=1S/C23H25N9O2.H2S/c1-14(17-6-4-15(22(33)24-2)8-19(17)34-3)10-25-21-9-18(27-12-28-21)16-5-7-20(26-11-16)31-23-29-13-30-32-23;/h4-9,11-14H,10H2,1-3H3,(H,24,33)(H,25,27,28)(H2,26,29,30,31,32);1H2/t14-;/m1./s1. The van der Waals surface area contributed by atoms with Gasteiger partial charge in [0.1, 0.15) is 30.0 Å². The molecule has 0 bridgehead atoms. The van der Waals surface area contributed by atoms with Crippen LogP contribution in [0.1, 0.15) is 28.8 Å². The molecule has 3 aromatic heterocycles. The summed E-state index contributed by atoms with van der Waals surface area (Å²) in [4.78, 5) is 29.0. The number of methoxy groups -OCH3 is 1. The molecule has 1 atom stereocenters. The molecule has 12 heteroatoms. The van der Waals surface area contributed by atoms with Crippen LogP contribution in [0.5, 0.6) is 5.75 Å². The molecule has 0 fully saturated rings. The Morgan fingerprint density at radius 3 is 2.60 bits per heavy atom. The van der Waals surface area contributed by atoms with Crippen LogP contribution < -0.4 is 20.7 Å². The Bertz CT molecular complexity index is 1250. The molecule has 4 aromatic rings. The van der Waals surface area contributed by atoms with Gasteiger partial charge < -0.3 is 20.7 Å². The fourth-order valence-corrected chi connectivity index (χ4v) is 3.39. The van der Waals surface area contributed by atoms with Crippen LogP contribution in [0.15, 0.2) is 55.2 Å². The van der Waals surface area contributed by atoms with Gasteiger partial charge in [-0.2, -0.15) is 23.6 Å². The van der Waals surface area contributed by atoms with Gasteiger partial charge in [-0.15, -0.1) is 0 Å². The van der Waals surface area contributed by atoms with E-state index >= 15 is 0 Å². The van der Waals surface area contributed by atoms with Crippen molar-refractivity contribution in [2.24, 2.45) is 0 Å². The molecule has 35 heavy (non-hydrogen) atoms. The molecule has 1 aromatic carbocycles. The van der Waals surface area contributed by atoms with Crippen LogP contribution in [0.3, 0.4) is 0 Å². The summed E-state index contributed by atoms with van der Waals surface area (Å²) < 4.78 is 5.52. The van der Waals surface area contributed by atoms with Gasteiger partial charge in [-0.1, -0.05) is 13.0 Å². The Morgan fingerprint density at radius 1 is 1.06 bits per heavy atom. The summed E-state index contributed by atoms with van der Waals surface area (Å²) in [5.74, 6) is 2.47. The van der Waals surface area contributed by atoms with Gasteiger partial charge in [0.25, 0.3) is 5.91 Å². The van der Waals surface area contributed by atoms with Gasteiger partial charge in [0.05, 0.1) is 12.8 Å². The van der Waals surface area contributed by atoms with Crippen molar-refractivity contribution in [3.05, 3.63) is 66.4 Å². The number of hydrogen-bond donors (Lipinski definition) is 4. The van der Waals surface area contributed by atoms with Crippen LogP contribution in [-0.4, -0.2) is 56.7 Å². The number of pyridine rings is 1. The van der Waals surface area contributed by atoms with E-state index in [9.17, 15) is 4.79 Å². The molecule has 11 nitrogen and oxygen atoms in total. The third-order valence-corrected chi connectivity index (χ3v) is 5.23. The number of anilines is 3. The summed E-state index contributed by atoms with van der Waals surface area (Å²) in [7, 11) is 3.20. The Balaban J connectivity index is 0.00000342. The zero-order valence-electron chi connectivity index (χ0n) is 19.5. The van der Waals surface area contributed by atoms with E-state index in [2.05, 4.69) is 53.0 Å². The van der Waals surface area contributed by atoms with Crippen LogP contribution in [-0.2, 0) is 0 Å².